The van der Waals surface area contributed by atoms with Crippen molar-refractivity contribution < 1.29 is 24.0 Å². The van der Waals surface area contributed by atoms with Crippen LogP contribution in [0, 0.1) is 22.0 Å². The number of rotatable bonds is 5. The Bertz CT molecular complexity index is 602. The quantitative estimate of drug-likeness (QED) is 0.358. The van der Waals surface area contributed by atoms with Gasteiger partial charge >= 0.3 is 11.9 Å². The van der Waals surface area contributed by atoms with E-state index in [0.29, 0.717) is 12.8 Å². The van der Waals surface area contributed by atoms with E-state index in [4.69, 9.17) is 9.47 Å². The van der Waals surface area contributed by atoms with Crippen molar-refractivity contribution >= 4 is 17.6 Å². The topological polar surface area (TPSA) is 95.7 Å². The minimum Gasteiger partial charge on any atom is -0.422 e. The number of hydrogen-bond donors (Lipinski definition) is 0. The van der Waals surface area contributed by atoms with E-state index in [0.717, 1.165) is 5.56 Å². The summed E-state index contributed by atoms with van der Waals surface area (Å²) in [7, 11) is 0. The third-order valence-corrected chi connectivity index (χ3v) is 3.63. The van der Waals surface area contributed by atoms with Gasteiger partial charge in [-0.1, -0.05) is 19.1 Å². The normalized spacial score (nSPS) is 18.9. The third-order valence-electron chi connectivity index (χ3n) is 3.63. The van der Waals surface area contributed by atoms with Crippen molar-refractivity contribution in [2.24, 2.45) is 11.8 Å². The minimum atomic E-state index is -1.22. The molecule has 1 aliphatic heterocycles. The lowest BCUT2D eigenvalue weighted by molar-refractivity contribution is -0.384. The second-order valence-corrected chi connectivity index (χ2v) is 6.26. The van der Waals surface area contributed by atoms with Gasteiger partial charge in [-0.2, -0.15) is 0 Å². The fourth-order valence-corrected chi connectivity index (χ4v) is 2.58. The van der Waals surface area contributed by atoms with E-state index in [1.54, 1.807) is 12.1 Å². The van der Waals surface area contributed by atoms with Crippen LogP contribution in [0.4, 0.5) is 5.69 Å². The second-order valence-electron chi connectivity index (χ2n) is 6.26. The molecule has 1 aromatic carbocycles. The average molecular weight is 321 g/mol. The van der Waals surface area contributed by atoms with Crippen LogP contribution in [-0.2, 0) is 25.5 Å². The second kappa shape index (κ2) is 6.36. The minimum absolute atomic E-state index is 0.0165. The van der Waals surface area contributed by atoms with E-state index >= 15 is 0 Å². The van der Waals surface area contributed by atoms with E-state index in [1.807, 2.05) is 6.92 Å². The van der Waals surface area contributed by atoms with Gasteiger partial charge in [0.05, 0.1) is 4.92 Å². The molecule has 0 saturated carbocycles. The highest BCUT2D eigenvalue weighted by atomic mass is 16.7. The summed E-state index contributed by atoms with van der Waals surface area (Å²) in [6.45, 7) is 4.93. The van der Waals surface area contributed by atoms with Crippen molar-refractivity contribution in [2.45, 2.75) is 39.4 Å². The highest BCUT2D eigenvalue weighted by Gasteiger charge is 2.43. The number of nitrogens with zero attached hydrogens (tertiary/aromatic N) is 1. The monoisotopic (exact) mass is 321 g/mol. The molecule has 1 fully saturated rings. The van der Waals surface area contributed by atoms with Crippen LogP contribution in [0.2, 0.25) is 0 Å². The van der Waals surface area contributed by atoms with Crippen LogP contribution in [-0.4, -0.2) is 22.6 Å². The van der Waals surface area contributed by atoms with Gasteiger partial charge in [0.15, 0.2) is 5.92 Å². The Balaban J connectivity index is 1.96. The summed E-state index contributed by atoms with van der Waals surface area (Å²) in [5, 5.41) is 10.6. The predicted molar refractivity (Wildman–Crippen MR) is 80.3 cm³/mol. The first kappa shape index (κ1) is 16.9. The van der Waals surface area contributed by atoms with Crippen molar-refractivity contribution in [3.8, 4) is 0 Å². The van der Waals surface area contributed by atoms with Crippen molar-refractivity contribution in [3.63, 3.8) is 0 Å². The maximum Gasteiger partial charge on any atom is 0.323 e. The summed E-state index contributed by atoms with van der Waals surface area (Å²) in [6.07, 6.45) is 0.906. The number of ether oxygens (including phenoxy) is 2. The van der Waals surface area contributed by atoms with Gasteiger partial charge in [-0.15, -0.1) is 0 Å². The molecule has 1 atom stereocenters. The standard InChI is InChI=1S/C16H19NO6/c1-10(8-11-4-6-12(7-5-11)17(20)21)9-13-14(18)22-16(2,3)23-15(13)19/h4-7,10,13H,8-9H2,1-3H3/t10-/m0/s1. The lowest BCUT2D eigenvalue weighted by atomic mass is 9.90. The molecule has 0 spiro atoms. The van der Waals surface area contributed by atoms with E-state index in [2.05, 4.69) is 0 Å². The van der Waals surface area contributed by atoms with Crippen LogP contribution in [0.5, 0.6) is 0 Å². The molecule has 0 radical (unpaired) electrons. The zero-order valence-electron chi connectivity index (χ0n) is 13.3. The first-order chi connectivity index (χ1) is 10.7. The molecule has 0 aromatic heterocycles. The van der Waals surface area contributed by atoms with Crippen molar-refractivity contribution in [2.75, 3.05) is 0 Å². The van der Waals surface area contributed by atoms with Crippen LogP contribution >= 0.6 is 0 Å². The summed E-state index contributed by atoms with van der Waals surface area (Å²) in [5.74, 6) is -3.26. The SMILES string of the molecule is C[C@@H](Cc1ccc([N+](=O)[O-])cc1)CC1C(=O)OC(C)(C)OC1=O. The molecule has 124 valence electrons. The van der Waals surface area contributed by atoms with Crippen LogP contribution in [0.3, 0.4) is 0 Å². The Labute approximate surface area is 133 Å². The Morgan fingerprint density at radius 3 is 2.17 bits per heavy atom. The lowest BCUT2D eigenvalue weighted by Gasteiger charge is -2.33. The van der Waals surface area contributed by atoms with Gasteiger partial charge in [0.1, 0.15) is 0 Å². The summed E-state index contributed by atoms with van der Waals surface area (Å²) in [5.41, 5.74) is 0.934. The molecular formula is C16H19NO6. The van der Waals surface area contributed by atoms with Gasteiger partial charge in [0.2, 0.25) is 0 Å². The van der Waals surface area contributed by atoms with Crippen LogP contribution < -0.4 is 0 Å². The number of nitro benzene ring substituents is 1. The van der Waals surface area contributed by atoms with Crippen LogP contribution in [0.25, 0.3) is 0 Å². The number of benzene rings is 1. The molecule has 1 aromatic rings. The average Bonchev–Trinajstić information content (AvgIpc) is 2.42. The Hall–Kier alpha value is -2.44. The summed E-state index contributed by atoms with van der Waals surface area (Å²) in [4.78, 5) is 34.0. The van der Waals surface area contributed by atoms with E-state index in [1.165, 1.54) is 26.0 Å². The van der Waals surface area contributed by atoms with Crippen molar-refractivity contribution in [3.05, 3.63) is 39.9 Å². The number of cyclic esters (lactones) is 2. The van der Waals surface area contributed by atoms with Gasteiger partial charge in [-0.25, -0.2) is 0 Å². The van der Waals surface area contributed by atoms with Gasteiger partial charge in [-0.05, 0) is 24.3 Å². The van der Waals surface area contributed by atoms with E-state index < -0.39 is 28.6 Å². The van der Waals surface area contributed by atoms with Crippen molar-refractivity contribution in [1.82, 2.24) is 0 Å². The fourth-order valence-electron chi connectivity index (χ4n) is 2.58. The number of carbonyl (C=O) groups excluding carboxylic acids is 2. The van der Waals surface area contributed by atoms with Gasteiger partial charge < -0.3 is 9.47 Å². The van der Waals surface area contributed by atoms with Gasteiger partial charge in [0.25, 0.3) is 11.5 Å². The summed E-state index contributed by atoms with van der Waals surface area (Å²) < 4.78 is 10.2. The van der Waals surface area contributed by atoms with E-state index in [9.17, 15) is 19.7 Å². The summed E-state index contributed by atoms with van der Waals surface area (Å²) >= 11 is 0. The number of non-ortho nitro benzene ring substituents is 1. The zero-order chi connectivity index (χ0) is 17.2. The Morgan fingerprint density at radius 2 is 1.70 bits per heavy atom. The molecule has 1 aliphatic rings. The maximum atomic E-state index is 11.9. The molecule has 0 N–H and O–H groups in total. The highest BCUT2D eigenvalue weighted by molar-refractivity contribution is 5.96. The molecule has 23 heavy (non-hydrogen) atoms. The predicted octanol–water partition coefficient (Wildman–Crippen LogP) is 2.62. The smallest absolute Gasteiger partial charge is 0.323 e. The molecule has 0 aliphatic carbocycles. The molecule has 0 amide bonds. The fraction of sp³-hybridized carbons (Fsp3) is 0.500. The molecule has 2 rings (SSSR count). The van der Waals surface area contributed by atoms with Crippen LogP contribution in [0.15, 0.2) is 24.3 Å². The molecule has 7 heteroatoms. The molecule has 0 unspecified atom stereocenters. The molecular weight excluding hydrogens is 302 g/mol. The molecule has 0 bridgehead atoms. The maximum absolute atomic E-state index is 11.9. The summed E-state index contributed by atoms with van der Waals surface area (Å²) in [6, 6.07) is 6.23. The number of hydrogen-bond acceptors (Lipinski definition) is 6. The first-order valence-corrected chi connectivity index (χ1v) is 7.37. The zero-order valence-corrected chi connectivity index (χ0v) is 13.3. The highest BCUT2D eigenvalue weighted by Crippen LogP contribution is 2.28. The lowest BCUT2D eigenvalue weighted by Crippen LogP contribution is -2.46. The molecule has 1 saturated heterocycles. The Morgan fingerprint density at radius 1 is 1.17 bits per heavy atom. The Kier molecular flexibility index (Phi) is 4.68. The molecule has 1 heterocycles. The first-order valence-electron chi connectivity index (χ1n) is 7.37. The van der Waals surface area contributed by atoms with Gasteiger partial charge in [0, 0.05) is 26.0 Å². The number of nitro groups is 1. The number of carbonyl (C=O) groups is 2. The van der Waals surface area contributed by atoms with Gasteiger partial charge in [-0.3, -0.25) is 19.7 Å². The number of esters is 2. The van der Waals surface area contributed by atoms with Crippen molar-refractivity contribution in [1.29, 1.82) is 0 Å². The van der Waals surface area contributed by atoms with E-state index in [-0.39, 0.29) is 11.6 Å². The molecule has 7 nitrogen and oxygen atoms in total. The largest absolute Gasteiger partial charge is 0.422 e. The van der Waals surface area contributed by atoms with Crippen LogP contribution in [0.1, 0.15) is 32.8 Å². The third kappa shape index (κ3) is 4.28.